The number of benzene rings is 2. The van der Waals surface area contributed by atoms with Crippen molar-refractivity contribution in [1.82, 2.24) is 5.32 Å². The molecule has 0 aromatic heterocycles. The highest BCUT2D eigenvalue weighted by atomic mass is 79.9. The van der Waals surface area contributed by atoms with Crippen LogP contribution in [0.25, 0.3) is 0 Å². The maximum atomic E-state index is 13.5. The van der Waals surface area contributed by atoms with Crippen molar-refractivity contribution in [3.8, 4) is 0 Å². The third-order valence-electron chi connectivity index (χ3n) is 2.87. The van der Waals surface area contributed by atoms with Gasteiger partial charge < -0.3 is 5.32 Å². The lowest BCUT2D eigenvalue weighted by Crippen LogP contribution is -2.24. The molecule has 0 atom stereocenters. The Kier molecular flexibility index (Phi) is 4.32. The second kappa shape index (κ2) is 5.97. The number of nitrogens with one attached hydrogen (secondary N) is 1. The smallest absolute Gasteiger partial charge is 0.254 e. The number of hydrogen-bond acceptors (Lipinski definition) is 1. The zero-order valence-corrected chi connectivity index (χ0v) is 12.0. The molecule has 2 nitrogen and oxygen atoms in total. The Morgan fingerprint density at radius 3 is 2.74 bits per heavy atom. The van der Waals surface area contributed by atoms with E-state index < -0.39 is 11.7 Å². The molecule has 1 amide bonds. The molecule has 4 heteroatoms. The Hall–Kier alpha value is -1.68. The molecule has 0 bridgehead atoms. The first-order valence-electron chi connectivity index (χ1n) is 5.85. The van der Waals surface area contributed by atoms with Gasteiger partial charge in [-0.05, 0) is 36.2 Å². The summed E-state index contributed by atoms with van der Waals surface area (Å²) in [5, 5.41) is 2.72. The molecule has 0 aliphatic rings. The van der Waals surface area contributed by atoms with Crippen LogP contribution in [0, 0.1) is 12.7 Å². The van der Waals surface area contributed by atoms with Gasteiger partial charge in [0.1, 0.15) is 5.82 Å². The summed E-state index contributed by atoms with van der Waals surface area (Å²) in [7, 11) is 0. The lowest BCUT2D eigenvalue weighted by Gasteiger charge is -2.08. The Balaban J connectivity index is 2.10. The van der Waals surface area contributed by atoms with E-state index in [1.54, 1.807) is 6.07 Å². The van der Waals surface area contributed by atoms with Crippen LogP contribution in [0.5, 0.6) is 0 Å². The van der Waals surface area contributed by atoms with Crippen LogP contribution >= 0.6 is 15.9 Å². The maximum Gasteiger partial charge on any atom is 0.254 e. The van der Waals surface area contributed by atoms with E-state index >= 15 is 0 Å². The average molecular weight is 322 g/mol. The number of amides is 1. The Morgan fingerprint density at radius 2 is 2.00 bits per heavy atom. The van der Waals surface area contributed by atoms with Gasteiger partial charge in [-0.2, -0.15) is 0 Å². The van der Waals surface area contributed by atoms with Crippen molar-refractivity contribution in [2.75, 3.05) is 0 Å². The van der Waals surface area contributed by atoms with E-state index in [2.05, 4.69) is 21.2 Å². The van der Waals surface area contributed by atoms with Crippen LogP contribution in [0.15, 0.2) is 46.9 Å². The average Bonchev–Trinajstić information content (AvgIpc) is 2.40. The zero-order valence-electron chi connectivity index (χ0n) is 10.4. The second-order valence-electron chi connectivity index (χ2n) is 4.23. The molecule has 0 aliphatic carbocycles. The van der Waals surface area contributed by atoms with Crippen molar-refractivity contribution >= 4 is 21.8 Å². The van der Waals surface area contributed by atoms with E-state index in [1.807, 2.05) is 31.2 Å². The Morgan fingerprint density at radius 1 is 1.26 bits per heavy atom. The SMILES string of the molecule is Cc1ccccc1CNC(=O)c1cc(Br)ccc1F. The summed E-state index contributed by atoms with van der Waals surface area (Å²) in [6, 6.07) is 12.1. The van der Waals surface area contributed by atoms with Crippen molar-refractivity contribution < 1.29 is 9.18 Å². The van der Waals surface area contributed by atoms with E-state index in [0.717, 1.165) is 11.1 Å². The molecule has 0 saturated heterocycles. The third-order valence-corrected chi connectivity index (χ3v) is 3.37. The van der Waals surface area contributed by atoms with E-state index in [1.165, 1.54) is 12.1 Å². The number of carbonyl (C=O) groups is 1. The summed E-state index contributed by atoms with van der Waals surface area (Å²) in [4.78, 5) is 11.9. The monoisotopic (exact) mass is 321 g/mol. The van der Waals surface area contributed by atoms with Gasteiger partial charge in [0.15, 0.2) is 0 Å². The van der Waals surface area contributed by atoms with Gasteiger partial charge in [0.25, 0.3) is 5.91 Å². The molecule has 0 fully saturated rings. The topological polar surface area (TPSA) is 29.1 Å². The minimum absolute atomic E-state index is 0.0444. The standard InChI is InChI=1S/C15H13BrFNO/c1-10-4-2-3-5-11(10)9-18-15(19)13-8-12(16)6-7-14(13)17/h2-8H,9H2,1H3,(H,18,19). The van der Waals surface area contributed by atoms with Gasteiger partial charge in [-0.15, -0.1) is 0 Å². The molecule has 0 aliphatic heterocycles. The normalized spacial score (nSPS) is 10.3. The van der Waals surface area contributed by atoms with Gasteiger partial charge in [-0.1, -0.05) is 40.2 Å². The molecule has 19 heavy (non-hydrogen) atoms. The van der Waals surface area contributed by atoms with E-state index in [9.17, 15) is 9.18 Å². The molecule has 98 valence electrons. The van der Waals surface area contributed by atoms with Crippen molar-refractivity contribution in [2.45, 2.75) is 13.5 Å². The van der Waals surface area contributed by atoms with Gasteiger partial charge in [0.2, 0.25) is 0 Å². The lowest BCUT2D eigenvalue weighted by atomic mass is 10.1. The molecule has 2 aromatic carbocycles. The van der Waals surface area contributed by atoms with Gasteiger partial charge >= 0.3 is 0 Å². The Bertz CT molecular complexity index is 613. The van der Waals surface area contributed by atoms with Crippen LogP contribution in [0.4, 0.5) is 4.39 Å². The van der Waals surface area contributed by atoms with Crippen molar-refractivity contribution in [1.29, 1.82) is 0 Å². The largest absolute Gasteiger partial charge is 0.348 e. The number of rotatable bonds is 3. The highest BCUT2D eigenvalue weighted by Crippen LogP contribution is 2.15. The van der Waals surface area contributed by atoms with Crippen LogP contribution in [0.2, 0.25) is 0 Å². The third kappa shape index (κ3) is 3.41. The molecule has 0 spiro atoms. The van der Waals surface area contributed by atoms with Gasteiger partial charge in [0.05, 0.1) is 5.56 Å². The van der Waals surface area contributed by atoms with Crippen LogP contribution in [0.1, 0.15) is 21.5 Å². The highest BCUT2D eigenvalue weighted by Gasteiger charge is 2.12. The minimum atomic E-state index is -0.523. The van der Waals surface area contributed by atoms with E-state index in [0.29, 0.717) is 11.0 Å². The quantitative estimate of drug-likeness (QED) is 0.914. The zero-order chi connectivity index (χ0) is 13.8. The first-order valence-corrected chi connectivity index (χ1v) is 6.65. The minimum Gasteiger partial charge on any atom is -0.348 e. The summed E-state index contributed by atoms with van der Waals surface area (Å²) in [6.45, 7) is 2.36. The number of hydrogen-bond donors (Lipinski definition) is 1. The van der Waals surface area contributed by atoms with Gasteiger partial charge in [-0.25, -0.2) is 4.39 Å². The summed E-state index contributed by atoms with van der Waals surface area (Å²) in [5.41, 5.74) is 2.16. The fraction of sp³-hybridized carbons (Fsp3) is 0.133. The maximum absolute atomic E-state index is 13.5. The molecular formula is C15H13BrFNO. The van der Waals surface area contributed by atoms with Gasteiger partial charge in [0, 0.05) is 11.0 Å². The van der Waals surface area contributed by atoms with Crippen molar-refractivity contribution in [3.05, 3.63) is 69.4 Å². The second-order valence-corrected chi connectivity index (χ2v) is 5.15. The number of carbonyl (C=O) groups excluding carboxylic acids is 1. The first kappa shape index (κ1) is 13.7. The van der Waals surface area contributed by atoms with E-state index in [4.69, 9.17) is 0 Å². The van der Waals surface area contributed by atoms with Crippen LogP contribution in [-0.4, -0.2) is 5.91 Å². The van der Waals surface area contributed by atoms with Crippen LogP contribution in [0.3, 0.4) is 0 Å². The fourth-order valence-corrected chi connectivity index (χ4v) is 2.11. The number of aryl methyl sites for hydroxylation is 1. The summed E-state index contributed by atoms with van der Waals surface area (Å²) in [5.74, 6) is -0.937. The summed E-state index contributed by atoms with van der Waals surface area (Å²) >= 11 is 3.23. The molecular weight excluding hydrogens is 309 g/mol. The molecule has 0 saturated carbocycles. The van der Waals surface area contributed by atoms with Gasteiger partial charge in [-0.3, -0.25) is 4.79 Å². The van der Waals surface area contributed by atoms with E-state index in [-0.39, 0.29) is 5.56 Å². The molecule has 0 unspecified atom stereocenters. The highest BCUT2D eigenvalue weighted by molar-refractivity contribution is 9.10. The van der Waals surface area contributed by atoms with Crippen LogP contribution in [-0.2, 0) is 6.54 Å². The van der Waals surface area contributed by atoms with Crippen molar-refractivity contribution in [2.24, 2.45) is 0 Å². The number of halogens is 2. The summed E-state index contributed by atoms with van der Waals surface area (Å²) in [6.07, 6.45) is 0. The summed E-state index contributed by atoms with van der Waals surface area (Å²) < 4.78 is 14.2. The lowest BCUT2D eigenvalue weighted by molar-refractivity contribution is 0.0947. The van der Waals surface area contributed by atoms with Crippen molar-refractivity contribution in [3.63, 3.8) is 0 Å². The molecule has 2 aromatic rings. The predicted octanol–water partition coefficient (Wildman–Crippen LogP) is 3.83. The predicted molar refractivity (Wildman–Crippen MR) is 76.4 cm³/mol. The molecule has 2 rings (SSSR count). The fourth-order valence-electron chi connectivity index (χ4n) is 1.75. The molecule has 0 radical (unpaired) electrons. The van der Waals surface area contributed by atoms with Crippen LogP contribution < -0.4 is 5.32 Å². The first-order chi connectivity index (χ1) is 9.08. The molecule has 0 heterocycles. The Labute approximate surface area is 119 Å². The molecule has 1 N–H and O–H groups in total.